The zero-order chi connectivity index (χ0) is 13.0. The summed E-state index contributed by atoms with van der Waals surface area (Å²) in [5.41, 5.74) is 6.94. The fourth-order valence-corrected chi connectivity index (χ4v) is 2.58. The van der Waals surface area contributed by atoms with Gasteiger partial charge in [-0.1, -0.05) is 42.4 Å². The van der Waals surface area contributed by atoms with Crippen LogP contribution >= 0.6 is 0 Å². The fraction of sp³-hybridized carbons (Fsp3) is 0.500. The van der Waals surface area contributed by atoms with E-state index in [1.807, 2.05) is 30.3 Å². The van der Waals surface area contributed by atoms with E-state index in [9.17, 15) is 0 Å². The third kappa shape index (κ3) is 3.01. The Balaban J connectivity index is 2.11. The highest BCUT2D eigenvalue weighted by molar-refractivity contribution is 5.87. The molecule has 4 heteroatoms. The van der Waals surface area contributed by atoms with Gasteiger partial charge < -0.3 is 15.8 Å². The Morgan fingerprint density at radius 3 is 2.78 bits per heavy atom. The van der Waals surface area contributed by atoms with Crippen LogP contribution in [0.15, 0.2) is 35.5 Å². The number of amidine groups is 1. The van der Waals surface area contributed by atoms with Gasteiger partial charge in [0.25, 0.3) is 0 Å². The highest BCUT2D eigenvalue weighted by Crippen LogP contribution is 2.22. The van der Waals surface area contributed by atoms with Crippen LogP contribution in [0.3, 0.4) is 0 Å². The van der Waals surface area contributed by atoms with Crippen molar-refractivity contribution in [2.24, 2.45) is 16.8 Å². The van der Waals surface area contributed by atoms with Crippen molar-refractivity contribution >= 4 is 5.84 Å². The van der Waals surface area contributed by atoms with E-state index in [-0.39, 0.29) is 5.92 Å². The molecule has 0 saturated carbocycles. The van der Waals surface area contributed by atoms with Crippen LogP contribution in [0, 0.1) is 5.92 Å². The standard InChI is InChI=1S/C14H21N3O/c1-11-7-8-17(9-11)10-13(14(15)16-18)12-5-3-2-4-6-12/h2-6,11,13,18H,7-10H2,1H3,(H2,15,16). The molecule has 1 aromatic carbocycles. The average molecular weight is 247 g/mol. The second-order valence-corrected chi connectivity index (χ2v) is 5.14. The molecule has 3 N–H and O–H groups in total. The van der Waals surface area contributed by atoms with E-state index in [4.69, 9.17) is 10.9 Å². The predicted octanol–water partition coefficient (Wildman–Crippen LogP) is 1.86. The third-order valence-corrected chi connectivity index (χ3v) is 3.62. The topological polar surface area (TPSA) is 61.8 Å². The van der Waals surface area contributed by atoms with Crippen LogP contribution in [0.25, 0.3) is 0 Å². The molecule has 0 bridgehead atoms. The van der Waals surface area contributed by atoms with Crippen molar-refractivity contribution in [3.63, 3.8) is 0 Å². The van der Waals surface area contributed by atoms with Crippen LogP contribution in [0.1, 0.15) is 24.8 Å². The van der Waals surface area contributed by atoms with Crippen molar-refractivity contribution in [1.82, 2.24) is 4.90 Å². The molecular formula is C14H21N3O. The third-order valence-electron chi connectivity index (χ3n) is 3.62. The minimum absolute atomic E-state index is 0.0264. The lowest BCUT2D eigenvalue weighted by Crippen LogP contribution is -2.33. The maximum atomic E-state index is 8.94. The van der Waals surface area contributed by atoms with Gasteiger partial charge in [0.2, 0.25) is 0 Å². The molecule has 1 aliphatic heterocycles. The van der Waals surface area contributed by atoms with E-state index in [0.717, 1.165) is 31.1 Å². The zero-order valence-corrected chi connectivity index (χ0v) is 10.8. The van der Waals surface area contributed by atoms with E-state index >= 15 is 0 Å². The second-order valence-electron chi connectivity index (χ2n) is 5.14. The predicted molar refractivity (Wildman–Crippen MR) is 72.8 cm³/mol. The quantitative estimate of drug-likeness (QED) is 0.369. The minimum Gasteiger partial charge on any atom is -0.409 e. The summed E-state index contributed by atoms with van der Waals surface area (Å²) in [7, 11) is 0. The summed E-state index contributed by atoms with van der Waals surface area (Å²) in [5.74, 6) is 1.01. The van der Waals surface area contributed by atoms with Gasteiger partial charge in [-0.15, -0.1) is 0 Å². The van der Waals surface area contributed by atoms with Crippen LogP contribution in [0.4, 0.5) is 0 Å². The normalized spacial score (nSPS) is 23.2. The molecule has 0 amide bonds. The first-order chi connectivity index (χ1) is 8.70. The van der Waals surface area contributed by atoms with Gasteiger partial charge in [0.15, 0.2) is 0 Å². The Labute approximate surface area is 108 Å². The highest BCUT2D eigenvalue weighted by atomic mass is 16.4. The van der Waals surface area contributed by atoms with Gasteiger partial charge in [-0.05, 0) is 24.4 Å². The van der Waals surface area contributed by atoms with Crippen molar-refractivity contribution in [3.8, 4) is 0 Å². The Morgan fingerprint density at radius 2 is 2.22 bits per heavy atom. The zero-order valence-electron chi connectivity index (χ0n) is 10.8. The van der Waals surface area contributed by atoms with Crippen molar-refractivity contribution in [2.45, 2.75) is 19.3 Å². The van der Waals surface area contributed by atoms with Crippen LogP contribution in [-0.4, -0.2) is 35.6 Å². The summed E-state index contributed by atoms with van der Waals surface area (Å²) in [6, 6.07) is 10.0. The molecule has 98 valence electrons. The monoisotopic (exact) mass is 247 g/mol. The van der Waals surface area contributed by atoms with E-state index in [2.05, 4.69) is 17.0 Å². The number of oxime groups is 1. The molecule has 1 saturated heterocycles. The van der Waals surface area contributed by atoms with E-state index in [1.54, 1.807) is 0 Å². The summed E-state index contributed by atoms with van der Waals surface area (Å²) in [6.45, 7) is 5.29. The molecule has 18 heavy (non-hydrogen) atoms. The van der Waals surface area contributed by atoms with Crippen LogP contribution in [-0.2, 0) is 0 Å². The van der Waals surface area contributed by atoms with E-state index < -0.39 is 0 Å². The van der Waals surface area contributed by atoms with E-state index in [1.165, 1.54) is 6.42 Å². The molecule has 0 aromatic heterocycles. The van der Waals surface area contributed by atoms with Crippen LogP contribution in [0.5, 0.6) is 0 Å². The number of likely N-dealkylation sites (tertiary alicyclic amines) is 1. The van der Waals surface area contributed by atoms with Gasteiger partial charge in [0.1, 0.15) is 5.84 Å². The average Bonchev–Trinajstić information content (AvgIpc) is 2.82. The lowest BCUT2D eigenvalue weighted by Gasteiger charge is -2.23. The Kier molecular flexibility index (Phi) is 4.20. The second kappa shape index (κ2) is 5.87. The van der Waals surface area contributed by atoms with Crippen molar-refractivity contribution in [2.75, 3.05) is 19.6 Å². The van der Waals surface area contributed by atoms with Crippen molar-refractivity contribution in [1.29, 1.82) is 0 Å². The van der Waals surface area contributed by atoms with Crippen molar-refractivity contribution in [3.05, 3.63) is 35.9 Å². The lowest BCUT2D eigenvalue weighted by atomic mass is 9.97. The Hall–Kier alpha value is -1.55. The summed E-state index contributed by atoms with van der Waals surface area (Å²) in [4.78, 5) is 2.39. The molecule has 0 spiro atoms. The van der Waals surface area contributed by atoms with Gasteiger partial charge in [0, 0.05) is 13.1 Å². The summed E-state index contributed by atoms with van der Waals surface area (Å²) in [6.07, 6.45) is 1.23. The number of nitrogens with two attached hydrogens (primary N) is 1. The Morgan fingerprint density at radius 1 is 1.50 bits per heavy atom. The SMILES string of the molecule is CC1CCN(CC(C(N)=NO)c2ccccc2)C1. The summed E-state index contributed by atoms with van der Waals surface area (Å²) in [5, 5.41) is 12.1. The van der Waals surface area contributed by atoms with E-state index in [0.29, 0.717) is 5.84 Å². The van der Waals surface area contributed by atoms with Crippen molar-refractivity contribution < 1.29 is 5.21 Å². The molecule has 2 rings (SSSR count). The maximum absolute atomic E-state index is 8.94. The lowest BCUT2D eigenvalue weighted by molar-refractivity contribution is 0.302. The fourth-order valence-electron chi connectivity index (χ4n) is 2.58. The highest BCUT2D eigenvalue weighted by Gasteiger charge is 2.24. The number of rotatable bonds is 4. The number of nitrogens with zero attached hydrogens (tertiary/aromatic N) is 2. The molecule has 1 aliphatic rings. The molecule has 2 unspecified atom stereocenters. The van der Waals surface area contributed by atoms with Gasteiger partial charge in [0.05, 0.1) is 5.92 Å². The molecule has 2 atom stereocenters. The van der Waals surface area contributed by atoms with Gasteiger partial charge in [-0.3, -0.25) is 0 Å². The molecule has 1 aromatic rings. The number of hydrogen-bond donors (Lipinski definition) is 2. The first kappa shape index (κ1) is 12.9. The first-order valence-corrected chi connectivity index (χ1v) is 6.45. The molecular weight excluding hydrogens is 226 g/mol. The van der Waals surface area contributed by atoms with Crippen LogP contribution < -0.4 is 5.73 Å². The minimum atomic E-state index is -0.0264. The molecule has 4 nitrogen and oxygen atoms in total. The first-order valence-electron chi connectivity index (χ1n) is 6.45. The molecule has 1 fully saturated rings. The Bertz CT molecular complexity index is 405. The molecule has 1 heterocycles. The van der Waals surface area contributed by atoms with Gasteiger partial charge in [-0.25, -0.2) is 0 Å². The van der Waals surface area contributed by atoms with Crippen LogP contribution in [0.2, 0.25) is 0 Å². The van der Waals surface area contributed by atoms with Gasteiger partial charge in [-0.2, -0.15) is 0 Å². The van der Waals surface area contributed by atoms with Gasteiger partial charge >= 0.3 is 0 Å². The summed E-state index contributed by atoms with van der Waals surface area (Å²) >= 11 is 0. The smallest absolute Gasteiger partial charge is 0.147 e. The molecule has 0 radical (unpaired) electrons. The number of hydrogen-bond acceptors (Lipinski definition) is 3. The largest absolute Gasteiger partial charge is 0.409 e. The number of benzene rings is 1. The summed E-state index contributed by atoms with van der Waals surface area (Å²) < 4.78 is 0. The molecule has 0 aliphatic carbocycles. The maximum Gasteiger partial charge on any atom is 0.147 e.